The van der Waals surface area contributed by atoms with Crippen LogP contribution in [0.2, 0.25) is 0 Å². The summed E-state index contributed by atoms with van der Waals surface area (Å²) in [5, 5.41) is 18.4. The van der Waals surface area contributed by atoms with Gasteiger partial charge in [0.15, 0.2) is 0 Å². The minimum absolute atomic E-state index is 0.104. The highest BCUT2D eigenvalue weighted by atomic mass is 16.5. The number of benzene rings is 5. The van der Waals surface area contributed by atoms with Gasteiger partial charge in [0.05, 0.1) is 6.21 Å². The number of carbonyl (C=O) groups excluding carboxylic acids is 1. The Morgan fingerprint density at radius 1 is 0.824 bits per heavy atom. The average molecular weight is 447 g/mol. The highest BCUT2D eigenvalue weighted by Gasteiger charge is 2.07. The van der Waals surface area contributed by atoms with Gasteiger partial charge in [-0.3, -0.25) is 4.79 Å². The van der Waals surface area contributed by atoms with E-state index >= 15 is 0 Å². The summed E-state index contributed by atoms with van der Waals surface area (Å²) < 4.78 is 5.91. The van der Waals surface area contributed by atoms with E-state index in [0.29, 0.717) is 17.7 Å². The summed E-state index contributed by atoms with van der Waals surface area (Å²) in [7, 11) is 0. The number of hydrogen-bond acceptors (Lipinski definition) is 4. The summed E-state index contributed by atoms with van der Waals surface area (Å²) in [5.74, 6) is 0.567. The second-order valence-electron chi connectivity index (χ2n) is 7.91. The van der Waals surface area contributed by atoms with Gasteiger partial charge in [-0.05, 0) is 57.4 Å². The van der Waals surface area contributed by atoms with Crippen LogP contribution in [0.3, 0.4) is 0 Å². The first-order valence-corrected chi connectivity index (χ1v) is 10.9. The third-order valence-electron chi connectivity index (χ3n) is 5.65. The maximum Gasteiger partial charge on any atom is 0.271 e. The van der Waals surface area contributed by atoms with E-state index in [-0.39, 0.29) is 11.7 Å². The Bertz CT molecular complexity index is 1510. The zero-order chi connectivity index (χ0) is 23.3. The molecule has 0 aromatic heterocycles. The Labute approximate surface area is 196 Å². The fourth-order valence-electron chi connectivity index (χ4n) is 3.82. The molecule has 0 fully saturated rings. The van der Waals surface area contributed by atoms with Crippen molar-refractivity contribution in [2.45, 2.75) is 6.61 Å². The van der Waals surface area contributed by atoms with E-state index in [9.17, 15) is 9.90 Å². The summed E-state index contributed by atoms with van der Waals surface area (Å²) >= 11 is 0. The van der Waals surface area contributed by atoms with E-state index in [2.05, 4.69) is 22.7 Å². The lowest BCUT2D eigenvalue weighted by atomic mass is 10.0. The van der Waals surface area contributed by atoms with E-state index < -0.39 is 0 Å². The molecule has 0 aliphatic carbocycles. The molecule has 1 amide bonds. The smallest absolute Gasteiger partial charge is 0.271 e. The Balaban J connectivity index is 1.21. The zero-order valence-electron chi connectivity index (χ0n) is 18.3. The molecule has 0 heterocycles. The molecular formula is C29H22N2O3. The first-order chi connectivity index (χ1) is 16.7. The summed E-state index contributed by atoms with van der Waals surface area (Å²) in [6.45, 7) is 0.402. The number of ether oxygens (including phenoxy) is 1. The van der Waals surface area contributed by atoms with E-state index in [4.69, 9.17) is 4.74 Å². The molecule has 0 saturated heterocycles. The number of fused-ring (bicyclic) bond motifs is 2. The minimum Gasteiger partial charge on any atom is -0.507 e. The lowest BCUT2D eigenvalue weighted by Gasteiger charge is -2.08. The highest BCUT2D eigenvalue weighted by Crippen LogP contribution is 2.25. The lowest BCUT2D eigenvalue weighted by molar-refractivity contribution is 0.0955. The standard InChI is InChI=1S/C29H22N2O3/c32-28-16-14-22-6-3-4-8-26(22)27(28)18-30-31-29(33)23-11-9-20(10-12-23)19-34-25-15-13-21-5-1-2-7-24(21)17-25/h1-18,32H,19H2,(H,31,33)/b30-18+. The van der Waals surface area contributed by atoms with E-state index in [1.807, 2.05) is 72.8 Å². The molecule has 0 aliphatic rings. The van der Waals surface area contributed by atoms with Crippen molar-refractivity contribution >= 4 is 33.7 Å². The quantitative estimate of drug-likeness (QED) is 0.247. The van der Waals surface area contributed by atoms with Crippen LogP contribution >= 0.6 is 0 Å². The van der Waals surface area contributed by atoms with Crippen molar-refractivity contribution in [3.8, 4) is 11.5 Å². The van der Waals surface area contributed by atoms with Gasteiger partial charge in [-0.1, -0.05) is 72.8 Å². The first kappa shape index (κ1) is 21.2. The van der Waals surface area contributed by atoms with Crippen molar-refractivity contribution < 1.29 is 14.6 Å². The summed E-state index contributed by atoms with van der Waals surface area (Å²) in [5.41, 5.74) is 4.51. The fraction of sp³-hybridized carbons (Fsp3) is 0.0345. The number of hydrazone groups is 1. The molecule has 34 heavy (non-hydrogen) atoms. The van der Waals surface area contributed by atoms with Crippen LogP contribution in [-0.4, -0.2) is 17.2 Å². The molecule has 2 N–H and O–H groups in total. The van der Waals surface area contributed by atoms with Crippen LogP contribution in [0.25, 0.3) is 21.5 Å². The largest absolute Gasteiger partial charge is 0.507 e. The minimum atomic E-state index is -0.335. The van der Waals surface area contributed by atoms with Crippen LogP contribution in [-0.2, 0) is 6.61 Å². The number of aromatic hydroxyl groups is 1. The third kappa shape index (κ3) is 4.59. The Kier molecular flexibility index (Phi) is 5.91. The SMILES string of the molecule is O=C(N/N=C/c1c(O)ccc2ccccc12)c1ccc(COc2ccc3ccccc3c2)cc1. The second-order valence-corrected chi connectivity index (χ2v) is 7.91. The van der Waals surface area contributed by atoms with Crippen LogP contribution in [0.5, 0.6) is 11.5 Å². The van der Waals surface area contributed by atoms with Crippen LogP contribution in [0.4, 0.5) is 0 Å². The van der Waals surface area contributed by atoms with Gasteiger partial charge in [-0.15, -0.1) is 0 Å². The van der Waals surface area contributed by atoms with Crippen molar-refractivity contribution in [1.82, 2.24) is 5.43 Å². The van der Waals surface area contributed by atoms with Crippen LogP contribution in [0, 0.1) is 0 Å². The molecule has 5 aromatic carbocycles. The molecule has 0 bridgehead atoms. The van der Waals surface area contributed by atoms with Crippen LogP contribution in [0.1, 0.15) is 21.5 Å². The highest BCUT2D eigenvalue weighted by molar-refractivity contribution is 6.03. The number of rotatable bonds is 6. The molecule has 0 radical (unpaired) electrons. The number of nitrogens with zero attached hydrogens (tertiary/aromatic N) is 1. The number of phenolic OH excluding ortho intramolecular Hbond substituents is 1. The van der Waals surface area contributed by atoms with Crippen molar-refractivity contribution in [2.75, 3.05) is 0 Å². The molecule has 5 rings (SSSR count). The Morgan fingerprint density at radius 2 is 1.53 bits per heavy atom. The maximum absolute atomic E-state index is 12.5. The van der Waals surface area contributed by atoms with Gasteiger partial charge < -0.3 is 9.84 Å². The molecule has 5 heteroatoms. The molecule has 0 atom stereocenters. The summed E-state index contributed by atoms with van der Waals surface area (Å²) in [6.07, 6.45) is 1.46. The van der Waals surface area contributed by atoms with Crippen molar-refractivity contribution in [3.05, 3.63) is 120 Å². The number of hydrogen-bond donors (Lipinski definition) is 2. The topological polar surface area (TPSA) is 70.9 Å². The average Bonchev–Trinajstić information content (AvgIpc) is 2.89. The van der Waals surface area contributed by atoms with E-state index in [1.54, 1.807) is 18.2 Å². The van der Waals surface area contributed by atoms with Crippen molar-refractivity contribution in [1.29, 1.82) is 0 Å². The molecule has 0 aliphatic heterocycles. The van der Waals surface area contributed by atoms with Crippen molar-refractivity contribution in [2.24, 2.45) is 5.10 Å². The van der Waals surface area contributed by atoms with Gasteiger partial charge in [-0.25, -0.2) is 5.43 Å². The number of carbonyl (C=O) groups is 1. The molecule has 5 aromatic rings. The van der Waals surface area contributed by atoms with Crippen molar-refractivity contribution in [3.63, 3.8) is 0 Å². The number of phenols is 1. The monoisotopic (exact) mass is 446 g/mol. The van der Waals surface area contributed by atoms with E-state index in [1.165, 1.54) is 11.6 Å². The van der Waals surface area contributed by atoms with Gasteiger partial charge >= 0.3 is 0 Å². The van der Waals surface area contributed by atoms with Gasteiger partial charge in [-0.2, -0.15) is 5.10 Å². The van der Waals surface area contributed by atoms with Gasteiger partial charge in [0.2, 0.25) is 0 Å². The Hall–Kier alpha value is -4.64. The lowest BCUT2D eigenvalue weighted by Crippen LogP contribution is -2.17. The molecule has 5 nitrogen and oxygen atoms in total. The Morgan fingerprint density at radius 3 is 2.35 bits per heavy atom. The van der Waals surface area contributed by atoms with Gasteiger partial charge in [0, 0.05) is 11.1 Å². The maximum atomic E-state index is 12.5. The third-order valence-corrected chi connectivity index (χ3v) is 5.65. The molecule has 0 unspecified atom stereocenters. The molecule has 0 saturated carbocycles. The zero-order valence-corrected chi connectivity index (χ0v) is 18.3. The summed E-state index contributed by atoms with van der Waals surface area (Å²) in [6, 6.07) is 32.5. The number of amides is 1. The molecular weight excluding hydrogens is 424 g/mol. The normalized spacial score (nSPS) is 11.2. The number of nitrogens with one attached hydrogen (secondary N) is 1. The molecule has 166 valence electrons. The fourth-order valence-corrected chi connectivity index (χ4v) is 3.82. The molecule has 0 spiro atoms. The summed E-state index contributed by atoms with van der Waals surface area (Å²) in [4.78, 5) is 12.5. The van der Waals surface area contributed by atoms with Crippen LogP contribution in [0.15, 0.2) is 108 Å². The van der Waals surface area contributed by atoms with E-state index in [0.717, 1.165) is 27.5 Å². The predicted octanol–water partition coefficient (Wildman–Crippen LogP) is 6.04. The van der Waals surface area contributed by atoms with Gasteiger partial charge in [0.1, 0.15) is 18.1 Å². The van der Waals surface area contributed by atoms with Crippen LogP contribution < -0.4 is 10.2 Å². The second kappa shape index (κ2) is 9.46. The predicted molar refractivity (Wildman–Crippen MR) is 135 cm³/mol. The van der Waals surface area contributed by atoms with Gasteiger partial charge in [0.25, 0.3) is 5.91 Å². The first-order valence-electron chi connectivity index (χ1n) is 10.9.